The first-order valence-corrected chi connectivity index (χ1v) is 6.57. The molecule has 18 heavy (non-hydrogen) atoms. The number of halogens is 1. The van der Waals surface area contributed by atoms with E-state index in [0.29, 0.717) is 5.02 Å². The van der Waals surface area contributed by atoms with Gasteiger partial charge in [0.05, 0.1) is 6.61 Å². The minimum absolute atomic E-state index is 0.237. The normalized spacial score (nSPS) is 28.8. The summed E-state index contributed by atoms with van der Waals surface area (Å²) < 4.78 is 0. The Kier molecular flexibility index (Phi) is 3.54. The van der Waals surface area contributed by atoms with Crippen LogP contribution in [0.3, 0.4) is 0 Å². The van der Waals surface area contributed by atoms with Gasteiger partial charge >= 0.3 is 0 Å². The van der Waals surface area contributed by atoms with Crippen LogP contribution in [0.25, 0.3) is 6.08 Å². The van der Waals surface area contributed by atoms with Gasteiger partial charge in [0.15, 0.2) is 0 Å². The topological polar surface area (TPSA) is 40.5 Å². The van der Waals surface area contributed by atoms with Gasteiger partial charge in [-0.3, -0.25) is 0 Å². The van der Waals surface area contributed by atoms with Gasteiger partial charge in [0, 0.05) is 5.02 Å². The summed E-state index contributed by atoms with van der Waals surface area (Å²) in [6, 6.07) is 7.48. The molecule has 0 amide bonds. The largest absolute Gasteiger partial charge is 0.393 e. The second-order valence-corrected chi connectivity index (χ2v) is 6.06. The highest BCUT2D eigenvalue weighted by Gasteiger charge is 2.50. The highest BCUT2D eigenvalue weighted by molar-refractivity contribution is 6.30. The Labute approximate surface area is 113 Å². The summed E-state index contributed by atoms with van der Waals surface area (Å²) in [5, 5.41) is 20.9. The third-order valence-electron chi connectivity index (χ3n) is 4.11. The molecule has 2 nitrogen and oxygen atoms in total. The molecule has 98 valence electrons. The Morgan fingerprint density at radius 3 is 2.44 bits per heavy atom. The van der Waals surface area contributed by atoms with Crippen LogP contribution in [0.15, 0.2) is 29.8 Å². The van der Waals surface area contributed by atoms with E-state index in [1.54, 1.807) is 0 Å². The maximum atomic E-state index is 10.7. The molecule has 2 rings (SSSR count). The molecule has 1 aromatic carbocycles. The van der Waals surface area contributed by atoms with Crippen molar-refractivity contribution in [1.82, 2.24) is 0 Å². The third kappa shape index (κ3) is 2.20. The zero-order valence-electron chi connectivity index (χ0n) is 10.8. The van der Waals surface area contributed by atoms with Crippen molar-refractivity contribution in [2.24, 2.45) is 5.41 Å². The van der Waals surface area contributed by atoms with Crippen molar-refractivity contribution >= 4 is 17.7 Å². The smallest absolute Gasteiger partial charge is 0.114 e. The van der Waals surface area contributed by atoms with E-state index in [2.05, 4.69) is 0 Å². The summed E-state index contributed by atoms with van der Waals surface area (Å²) in [7, 11) is 0. The zero-order chi connectivity index (χ0) is 13.4. The second kappa shape index (κ2) is 4.69. The van der Waals surface area contributed by atoms with Gasteiger partial charge in [-0.2, -0.15) is 0 Å². The molecule has 0 aliphatic heterocycles. The molecule has 1 aromatic rings. The van der Waals surface area contributed by atoms with Crippen molar-refractivity contribution in [3.05, 3.63) is 40.4 Å². The quantitative estimate of drug-likeness (QED) is 0.863. The molecule has 0 aromatic heterocycles. The van der Waals surface area contributed by atoms with Crippen LogP contribution >= 0.6 is 11.6 Å². The molecule has 1 aliphatic rings. The Hall–Kier alpha value is -0.830. The molecule has 1 fully saturated rings. The van der Waals surface area contributed by atoms with Gasteiger partial charge in [0.1, 0.15) is 5.60 Å². The lowest BCUT2D eigenvalue weighted by Crippen LogP contribution is -2.44. The van der Waals surface area contributed by atoms with Gasteiger partial charge in [-0.25, -0.2) is 0 Å². The molecule has 0 bridgehead atoms. The molecule has 0 spiro atoms. The molecule has 0 radical (unpaired) electrons. The molecule has 2 N–H and O–H groups in total. The van der Waals surface area contributed by atoms with Crippen LogP contribution in [0.2, 0.25) is 5.02 Å². The number of hydrogen-bond acceptors (Lipinski definition) is 2. The first kappa shape index (κ1) is 13.6. The van der Waals surface area contributed by atoms with E-state index in [9.17, 15) is 10.2 Å². The standard InChI is InChI=1S/C15H19ClO2/c1-14(2)8-7-12(15(14,18)10-17)9-11-3-5-13(16)6-4-11/h3-6,9,17-18H,7-8,10H2,1-2H3/b12-9+. The molecule has 1 saturated carbocycles. The molecule has 1 atom stereocenters. The van der Waals surface area contributed by atoms with Gasteiger partial charge in [0.25, 0.3) is 0 Å². The first-order chi connectivity index (χ1) is 8.39. The van der Waals surface area contributed by atoms with Gasteiger partial charge in [-0.1, -0.05) is 43.7 Å². The summed E-state index contributed by atoms with van der Waals surface area (Å²) in [6.45, 7) is 3.75. The van der Waals surface area contributed by atoms with Crippen molar-refractivity contribution in [3.63, 3.8) is 0 Å². The number of aliphatic hydroxyl groups excluding tert-OH is 1. The average molecular weight is 267 g/mol. The van der Waals surface area contributed by atoms with E-state index in [4.69, 9.17) is 11.6 Å². The van der Waals surface area contributed by atoms with Gasteiger partial charge < -0.3 is 10.2 Å². The van der Waals surface area contributed by atoms with Gasteiger partial charge in [0.2, 0.25) is 0 Å². The lowest BCUT2D eigenvalue weighted by atomic mass is 9.76. The van der Waals surface area contributed by atoms with Crippen molar-refractivity contribution in [1.29, 1.82) is 0 Å². The maximum Gasteiger partial charge on any atom is 0.114 e. The van der Waals surface area contributed by atoms with E-state index < -0.39 is 5.60 Å². The molecular weight excluding hydrogens is 248 g/mol. The summed E-state index contributed by atoms with van der Waals surface area (Å²) in [5.41, 5.74) is 0.489. The SMILES string of the molecule is CC1(C)CC/C(=C\c2ccc(Cl)cc2)C1(O)CO. The van der Waals surface area contributed by atoms with Crippen molar-refractivity contribution < 1.29 is 10.2 Å². The zero-order valence-corrected chi connectivity index (χ0v) is 11.5. The lowest BCUT2D eigenvalue weighted by molar-refractivity contribution is -0.0544. The minimum atomic E-state index is -1.12. The molecular formula is C15H19ClO2. The summed E-state index contributed by atoms with van der Waals surface area (Å²) in [4.78, 5) is 0. The Morgan fingerprint density at radius 2 is 1.89 bits per heavy atom. The lowest BCUT2D eigenvalue weighted by Gasteiger charge is -2.36. The van der Waals surface area contributed by atoms with E-state index in [1.807, 2.05) is 44.2 Å². The predicted molar refractivity (Wildman–Crippen MR) is 74.5 cm³/mol. The number of benzene rings is 1. The number of hydrogen-bond donors (Lipinski definition) is 2. The Balaban J connectivity index is 2.36. The Bertz CT molecular complexity index is 462. The summed E-state index contributed by atoms with van der Waals surface area (Å²) in [6.07, 6.45) is 3.65. The van der Waals surface area contributed by atoms with Crippen LogP contribution in [0.5, 0.6) is 0 Å². The van der Waals surface area contributed by atoms with Crippen LogP contribution < -0.4 is 0 Å². The Morgan fingerprint density at radius 1 is 1.28 bits per heavy atom. The predicted octanol–water partition coefficient (Wildman–Crippen LogP) is 3.27. The fourth-order valence-electron chi connectivity index (χ4n) is 2.56. The third-order valence-corrected chi connectivity index (χ3v) is 4.36. The molecule has 3 heteroatoms. The fraction of sp³-hybridized carbons (Fsp3) is 0.467. The summed E-state index contributed by atoms with van der Waals surface area (Å²) in [5.74, 6) is 0. The van der Waals surface area contributed by atoms with E-state index in [-0.39, 0.29) is 12.0 Å². The van der Waals surface area contributed by atoms with E-state index in [1.165, 1.54) is 0 Å². The van der Waals surface area contributed by atoms with Crippen molar-refractivity contribution in [3.8, 4) is 0 Å². The van der Waals surface area contributed by atoms with E-state index in [0.717, 1.165) is 24.0 Å². The highest BCUT2D eigenvalue weighted by atomic mass is 35.5. The maximum absolute atomic E-state index is 10.7. The number of rotatable bonds is 2. The first-order valence-electron chi connectivity index (χ1n) is 6.19. The van der Waals surface area contributed by atoms with Gasteiger partial charge in [-0.15, -0.1) is 0 Å². The molecule has 1 aliphatic carbocycles. The minimum Gasteiger partial charge on any atom is -0.393 e. The molecule has 1 unspecified atom stereocenters. The molecule has 0 saturated heterocycles. The average Bonchev–Trinajstić information content (AvgIpc) is 2.56. The fourth-order valence-corrected chi connectivity index (χ4v) is 2.69. The monoisotopic (exact) mass is 266 g/mol. The number of aliphatic hydroxyl groups is 2. The van der Waals surface area contributed by atoms with Gasteiger partial charge in [-0.05, 0) is 41.5 Å². The second-order valence-electron chi connectivity index (χ2n) is 5.62. The van der Waals surface area contributed by atoms with Crippen LogP contribution in [0.4, 0.5) is 0 Å². The summed E-state index contributed by atoms with van der Waals surface area (Å²) >= 11 is 5.85. The van der Waals surface area contributed by atoms with Crippen LogP contribution in [0, 0.1) is 5.41 Å². The van der Waals surface area contributed by atoms with Crippen LogP contribution in [-0.4, -0.2) is 22.4 Å². The van der Waals surface area contributed by atoms with Crippen LogP contribution in [0.1, 0.15) is 32.3 Å². The van der Waals surface area contributed by atoms with Crippen LogP contribution in [-0.2, 0) is 0 Å². The van der Waals surface area contributed by atoms with Crippen molar-refractivity contribution in [2.45, 2.75) is 32.3 Å². The molecule has 0 heterocycles. The highest BCUT2D eigenvalue weighted by Crippen LogP contribution is 2.49. The van der Waals surface area contributed by atoms with Crippen molar-refractivity contribution in [2.75, 3.05) is 6.61 Å². The van der Waals surface area contributed by atoms with E-state index >= 15 is 0 Å².